The predicted molar refractivity (Wildman–Crippen MR) is 145 cm³/mol. The van der Waals surface area contributed by atoms with E-state index >= 15 is 0 Å². The largest absolute Gasteiger partial charge is 0.453 e. The molecule has 3 aromatic carbocycles. The van der Waals surface area contributed by atoms with E-state index in [1.807, 2.05) is 0 Å². The van der Waals surface area contributed by atoms with E-state index < -0.39 is 73.4 Å². The summed E-state index contributed by atoms with van der Waals surface area (Å²) in [6.45, 7) is -1.18. The summed E-state index contributed by atoms with van der Waals surface area (Å²) in [7, 11) is 1.27. The minimum Gasteiger partial charge on any atom is -0.453 e. The molecule has 43 heavy (non-hydrogen) atoms. The molecule has 4 rings (SSSR count). The van der Waals surface area contributed by atoms with Crippen LogP contribution in [0.4, 0.5) is 26.3 Å². The van der Waals surface area contributed by atoms with Crippen LogP contribution in [-0.2, 0) is 49.3 Å². The maximum atomic E-state index is 13.7. The van der Waals surface area contributed by atoms with Crippen LogP contribution in [0.25, 0.3) is 0 Å². The summed E-state index contributed by atoms with van der Waals surface area (Å²) in [6, 6.07) is 17.5. The smallest absolute Gasteiger partial charge is 0.416 e. The SMILES string of the molecule is CO[C@H]1O[C@H](CBr)[C@@H](OC(=O)c2ccccc2)[C@H](OCc2ccccc2C(F)(F)F)[C@H]1OCc1ccccc1C(F)(F)F. The van der Waals surface area contributed by atoms with Crippen molar-refractivity contribution in [1.29, 1.82) is 0 Å². The Morgan fingerprint density at radius 3 is 1.72 bits per heavy atom. The Hall–Kier alpha value is -2.97. The Bertz CT molecular complexity index is 1350. The highest BCUT2D eigenvalue weighted by Crippen LogP contribution is 2.36. The number of ether oxygens (including phenoxy) is 5. The molecule has 6 nitrogen and oxygen atoms in total. The fourth-order valence-corrected chi connectivity index (χ4v) is 5.20. The molecule has 0 amide bonds. The van der Waals surface area contributed by atoms with Crippen LogP contribution < -0.4 is 0 Å². The van der Waals surface area contributed by atoms with Crippen molar-refractivity contribution in [3.05, 3.63) is 107 Å². The van der Waals surface area contributed by atoms with E-state index in [4.69, 9.17) is 23.7 Å². The Balaban J connectivity index is 1.69. The summed E-state index contributed by atoms with van der Waals surface area (Å²) in [5, 5.41) is 0.0855. The Kier molecular flexibility index (Phi) is 10.9. The van der Waals surface area contributed by atoms with Gasteiger partial charge in [0.1, 0.15) is 18.3 Å². The molecule has 0 N–H and O–H groups in total. The molecule has 1 fully saturated rings. The zero-order valence-corrected chi connectivity index (χ0v) is 24.2. The number of hydrogen-bond donors (Lipinski definition) is 0. The lowest BCUT2D eigenvalue weighted by Gasteiger charge is -2.44. The molecule has 0 aliphatic carbocycles. The monoisotopic (exact) mass is 676 g/mol. The minimum atomic E-state index is -4.68. The molecule has 1 saturated heterocycles. The zero-order chi connectivity index (χ0) is 31.2. The van der Waals surface area contributed by atoms with E-state index in [1.165, 1.54) is 55.6 Å². The van der Waals surface area contributed by atoms with Gasteiger partial charge in [0.25, 0.3) is 0 Å². The summed E-state index contributed by atoms with van der Waals surface area (Å²) in [5.41, 5.74) is -2.09. The molecular formula is C30H27BrF6O6. The lowest BCUT2D eigenvalue weighted by atomic mass is 9.98. The van der Waals surface area contributed by atoms with Gasteiger partial charge in [0.05, 0.1) is 29.9 Å². The van der Waals surface area contributed by atoms with Crippen LogP contribution in [-0.4, -0.2) is 49.1 Å². The second-order valence-electron chi connectivity index (χ2n) is 9.53. The van der Waals surface area contributed by atoms with Crippen molar-refractivity contribution in [2.45, 2.75) is 56.3 Å². The van der Waals surface area contributed by atoms with Crippen molar-refractivity contribution in [1.82, 2.24) is 0 Å². The van der Waals surface area contributed by atoms with Gasteiger partial charge in [0.15, 0.2) is 12.4 Å². The number of methoxy groups -OCH3 is 1. The van der Waals surface area contributed by atoms with Crippen LogP contribution >= 0.6 is 15.9 Å². The van der Waals surface area contributed by atoms with Crippen LogP contribution in [0.1, 0.15) is 32.6 Å². The van der Waals surface area contributed by atoms with Crippen LogP contribution in [0.2, 0.25) is 0 Å². The third-order valence-corrected chi connectivity index (χ3v) is 7.37. The van der Waals surface area contributed by atoms with Gasteiger partial charge < -0.3 is 23.7 Å². The highest BCUT2D eigenvalue weighted by atomic mass is 79.9. The number of benzene rings is 3. The highest BCUT2D eigenvalue weighted by molar-refractivity contribution is 9.09. The summed E-state index contributed by atoms with van der Waals surface area (Å²) < 4.78 is 111. The fraction of sp³-hybridized carbons (Fsp3) is 0.367. The number of alkyl halides is 7. The molecular weight excluding hydrogens is 650 g/mol. The maximum absolute atomic E-state index is 13.7. The molecule has 0 unspecified atom stereocenters. The number of rotatable bonds is 10. The highest BCUT2D eigenvalue weighted by Gasteiger charge is 2.50. The third kappa shape index (κ3) is 8.15. The van der Waals surface area contributed by atoms with Gasteiger partial charge in [-0.2, -0.15) is 26.3 Å². The molecule has 13 heteroatoms. The molecule has 1 aliphatic heterocycles. The van der Waals surface area contributed by atoms with Crippen LogP contribution in [0.15, 0.2) is 78.9 Å². The Labute approximate surface area is 252 Å². The van der Waals surface area contributed by atoms with Crippen molar-refractivity contribution in [2.24, 2.45) is 0 Å². The van der Waals surface area contributed by atoms with Crippen LogP contribution in [0, 0.1) is 0 Å². The van der Waals surface area contributed by atoms with E-state index in [0.717, 1.165) is 12.1 Å². The predicted octanol–water partition coefficient (Wildman–Crippen LogP) is 7.19. The first-order chi connectivity index (χ1) is 20.4. The standard InChI is InChI=1S/C30H27BrF6O6/c1-39-28-26(41-17-20-12-6-8-14-22(20)30(35,36)37)25(40-16-19-11-5-7-13-21(19)29(32,33)34)24(23(15-31)42-28)43-27(38)18-9-3-2-4-10-18/h2-14,23-26,28H,15-17H2,1H3/t23-,24-,25+,26-,28+/m1/s1. The summed E-state index contributed by atoms with van der Waals surface area (Å²) in [5.74, 6) is -0.776. The molecule has 0 bridgehead atoms. The second-order valence-corrected chi connectivity index (χ2v) is 10.2. The van der Waals surface area contributed by atoms with Crippen molar-refractivity contribution in [2.75, 3.05) is 12.4 Å². The van der Waals surface area contributed by atoms with E-state index in [2.05, 4.69) is 15.9 Å². The van der Waals surface area contributed by atoms with Gasteiger partial charge in [-0.15, -0.1) is 0 Å². The molecule has 5 atom stereocenters. The van der Waals surface area contributed by atoms with Gasteiger partial charge in [0, 0.05) is 12.4 Å². The van der Waals surface area contributed by atoms with Crippen molar-refractivity contribution in [3.8, 4) is 0 Å². The van der Waals surface area contributed by atoms with Crippen molar-refractivity contribution >= 4 is 21.9 Å². The fourth-order valence-electron chi connectivity index (χ4n) is 4.68. The van der Waals surface area contributed by atoms with Crippen LogP contribution in [0.5, 0.6) is 0 Å². The quantitative estimate of drug-likeness (QED) is 0.129. The Morgan fingerprint density at radius 1 is 0.744 bits per heavy atom. The topological polar surface area (TPSA) is 63.2 Å². The minimum absolute atomic E-state index is 0.0855. The molecule has 1 aliphatic rings. The third-order valence-electron chi connectivity index (χ3n) is 6.74. The van der Waals surface area contributed by atoms with Gasteiger partial charge in [-0.3, -0.25) is 0 Å². The molecule has 0 saturated carbocycles. The summed E-state index contributed by atoms with van der Waals surface area (Å²) in [4.78, 5) is 13.1. The van der Waals surface area contributed by atoms with Crippen molar-refractivity contribution in [3.63, 3.8) is 0 Å². The second kappa shape index (κ2) is 14.2. The van der Waals surface area contributed by atoms with E-state index in [1.54, 1.807) is 18.2 Å². The molecule has 0 radical (unpaired) electrons. The zero-order valence-electron chi connectivity index (χ0n) is 22.6. The van der Waals surface area contributed by atoms with Crippen molar-refractivity contribution < 1.29 is 54.8 Å². The average Bonchev–Trinajstić information content (AvgIpc) is 2.99. The summed E-state index contributed by atoms with van der Waals surface area (Å²) in [6.07, 6.45) is -15.4. The number of halogens is 7. The van der Waals surface area contributed by atoms with E-state index in [0.29, 0.717) is 0 Å². The lowest BCUT2D eigenvalue weighted by Crippen LogP contribution is -2.61. The number of esters is 1. The molecule has 0 aromatic heterocycles. The van der Waals surface area contributed by atoms with Gasteiger partial charge >= 0.3 is 18.3 Å². The first-order valence-electron chi connectivity index (χ1n) is 13.0. The Morgan fingerprint density at radius 2 is 1.23 bits per heavy atom. The first-order valence-corrected chi connectivity index (χ1v) is 14.1. The van der Waals surface area contributed by atoms with Gasteiger partial charge in [-0.1, -0.05) is 70.5 Å². The molecule has 0 spiro atoms. The number of hydrogen-bond acceptors (Lipinski definition) is 6. The molecule has 232 valence electrons. The average molecular weight is 677 g/mol. The van der Waals surface area contributed by atoms with Gasteiger partial charge in [-0.25, -0.2) is 4.79 Å². The normalized spacial score (nSPS) is 22.7. The first kappa shape index (κ1) is 32.9. The molecule has 1 heterocycles. The number of carbonyl (C=O) groups excluding carboxylic acids is 1. The summed E-state index contributed by atoms with van der Waals surface area (Å²) >= 11 is 3.30. The van der Waals surface area contributed by atoms with Gasteiger partial charge in [-0.05, 0) is 35.4 Å². The molecule has 3 aromatic rings. The van der Waals surface area contributed by atoms with Gasteiger partial charge in [0.2, 0.25) is 0 Å². The van der Waals surface area contributed by atoms with E-state index in [-0.39, 0.29) is 22.0 Å². The van der Waals surface area contributed by atoms with Crippen LogP contribution in [0.3, 0.4) is 0 Å². The number of carbonyl (C=O) groups is 1. The lowest BCUT2D eigenvalue weighted by molar-refractivity contribution is -0.305. The maximum Gasteiger partial charge on any atom is 0.416 e. The van der Waals surface area contributed by atoms with E-state index in [9.17, 15) is 31.1 Å².